The summed E-state index contributed by atoms with van der Waals surface area (Å²) in [6.07, 6.45) is 0. The van der Waals surface area contributed by atoms with E-state index in [1.807, 2.05) is 13.8 Å². The molecule has 2 rings (SSSR count). The highest BCUT2D eigenvalue weighted by Gasteiger charge is 2.24. The van der Waals surface area contributed by atoms with Gasteiger partial charge in [0.1, 0.15) is 0 Å². The Kier molecular flexibility index (Phi) is 5.63. The third-order valence-corrected chi connectivity index (χ3v) is 3.80. The summed E-state index contributed by atoms with van der Waals surface area (Å²) in [5, 5.41) is 9.27. The van der Waals surface area contributed by atoms with Gasteiger partial charge in [-0.25, -0.2) is 4.79 Å². The second-order valence-electron chi connectivity index (χ2n) is 5.22. The van der Waals surface area contributed by atoms with Gasteiger partial charge in [0.25, 0.3) is 5.91 Å². The van der Waals surface area contributed by atoms with Crippen LogP contribution in [0.5, 0.6) is 0 Å². The molecule has 22 heavy (non-hydrogen) atoms. The van der Waals surface area contributed by atoms with Crippen LogP contribution in [0.25, 0.3) is 0 Å². The van der Waals surface area contributed by atoms with Gasteiger partial charge >= 0.3 is 6.03 Å². The predicted molar refractivity (Wildman–Crippen MR) is 87.7 cm³/mol. The number of nitrogens with one attached hydrogen (secondary N) is 3. The van der Waals surface area contributed by atoms with E-state index < -0.39 is 0 Å². The molecular weight excluding hydrogens is 304 g/mol. The van der Waals surface area contributed by atoms with Crippen molar-refractivity contribution < 1.29 is 9.59 Å². The maximum Gasteiger partial charge on any atom is 0.322 e. The third kappa shape index (κ3) is 3.90. The molecule has 7 heteroatoms. The lowest BCUT2D eigenvalue weighted by molar-refractivity contribution is 0.0950. The molecule has 1 atom stereocenters. The van der Waals surface area contributed by atoms with Crippen molar-refractivity contribution in [2.24, 2.45) is 0 Å². The van der Waals surface area contributed by atoms with Crippen LogP contribution >= 0.6 is 11.6 Å². The molecule has 1 heterocycles. The fraction of sp³-hybridized carbons (Fsp3) is 0.467. The van der Waals surface area contributed by atoms with Crippen LogP contribution in [0.15, 0.2) is 18.2 Å². The van der Waals surface area contributed by atoms with Gasteiger partial charge in [0.05, 0.1) is 10.7 Å². The molecule has 0 spiro atoms. The van der Waals surface area contributed by atoms with Gasteiger partial charge < -0.3 is 16.0 Å². The first kappa shape index (κ1) is 16.6. The normalized spacial score (nSPS) is 15.6. The average molecular weight is 325 g/mol. The van der Waals surface area contributed by atoms with E-state index >= 15 is 0 Å². The number of carbonyl (C=O) groups is 2. The number of hydrogen-bond donors (Lipinski definition) is 3. The molecule has 0 saturated carbocycles. The number of amides is 3. The van der Waals surface area contributed by atoms with Gasteiger partial charge in [0.2, 0.25) is 0 Å². The number of rotatable bonds is 6. The van der Waals surface area contributed by atoms with Crippen molar-refractivity contribution in [2.45, 2.75) is 19.9 Å². The molecule has 1 aromatic carbocycles. The highest BCUT2D eigenvalue weighted by Crippen LogP contribution is 2.28. The number of likely N-dealkylation sites (N-methyl/N-ethyl adjacent to an activating group) is 1. The smallest absolute Gasteiger partial charge is 0.322 e. The van der Waals surface area contributed by atoms with Gasteiger partial charge in [-0.15, -0.1) is 0 Å². The first-order valence-corrected chi connectivity index (χ1v) is 7.77. The third-order valence-electron chi connectivity index (χ3n) is 3.48. The molecule has 0 aromatic heterocycles. The van der Waals surface area contributed by atoms with E-state index in [1.54, 1.807) is 23.1 Å². The number of nitrogens with zero attached hydrogens (tertiary/aromatic N) is 1. The maximum absolute atomic E-state index is 12.2. The Labute approximate surface area is 135 Å². The molecule has 0 aliphatic carbocycles. The summed E-state index contributed by atoms with van der Waals surface area (Å²) in [7, 11) is 0. The van der Waals surface area contributed by atoms with Crippen LogP contribution < -0.4 is 20.9 Å². The van der Waals surface area contributed by atoms with E-state index in [9.17, 15) is 9.59 Å². The number of hydrogen-bond acceptors (Lipinski definition) is 3. The summed E-state index contributed by atoms with van der Waals surface area (Å²) in [5.41, 5.74) is 1.05. The van der Waals surface area contributed by atoms with Crippen LogP contribution in [0, 0.1) is 0 Å². The highest BCUT2D eigenvalue weighted by molar-refractivity contribution is 6.34. The quantitative estimate of drug-likeness (QED) is 0.744. The molecule has 3 amide bonds. The topological polar surface area (TPSA) is 73.5 Å². The largest absolute Gasteiger partial charge is 0.350 e. The van der Waals surface area contributed by atoms with Crippen LogP contribution in [0.1, 0.15) is 24.2 Å². The maximum atomic E-state index is 12.2. The molecule has 6 nitrogen and oxygen atoms in total. The molecule has 0 unspecified atom stereocenters. The first-order valence-electron chi connectivity index (χ1n) is 7.39. The van der Waals surface area contributed by atoms with Crippen molar-refractivity contribution >= 4 is 29.2 Å². The first-order chi connectivity index (χ1) is 10.5. The number of halogens is 1. The number of carbonyl (C=O) groups excluding carboxylic acids is 2. The monoisotopic (exact) mass is 324 g/mol. The lowest BCUT2D eigenvalue weighted by Crippen LogP contribution is -2.38. The summed E-state index contributed by atoms with van der Waals surface area (Å²) in [6, 6.07) is 4.96. The minimum Gasteiger partial charge on any atom is -0.350 e. The minimum atomic E-state index is -0.194. The molecule has 120 valence electrons. The Balaban J connectivity index is 2.08. The number of urea groups is 1. The van der Waals surface area contributed by atoms with Crippen LogP contribution in [-0.2, 0) is 0 Å². The van der Waals surface area contributed by atoms with Crippen molar-refractivity contribution in [3.63, 3.8) is 0 Å². The second-order valence-corrected chi connectivity index (χ2v) is 5.63. The lowest BCUT2D eigenvalue weighted by Gasteiger charge is -2.17. The summed E-state index contributed by atoms with van der Waals surface area (Å²) >= 11 is 6.15. The van der Waals surface area contributed by atoms with E-state index in [1.165, 1.54) is 0 Å². The Morgan fingerprint density at radius 1 is 1.50 bits per heavy atom. The van der Waals surface area contributed by atoms with E-state index in [2.05, 4.69) is 16.0 Å². The van der Waals surface area contributed by atoms with Crippen LogP contribution in [0.2, 0.25) is 5.02 Å². The van der Waals surface area contributed by atoms with Gasteiger partial charge in [0, 0.05) is 31.2 Å². The highest BCUT2D eigenvalue weighted by atomic mass is 35.5. The summed E-state index contributed by atoms with van der Waals surface area (Å²) in [5.74, 6) is -0.178. The summed E-state index contributed by atoms with van der Waals surface area (Å²) < 4.78 is 0. The zero-order valence-electron chi connectivity index (χ0n) is 12.8. The molecule has 3 N–H and O–H groups in total. The molecule has 1 aromatic rings. The van der Waals surface area contributed by atoms with Gasteiger partial charge in [-0.3, -0.25) is 9.69 Å². The van der Waals surface area contributed by atoms with E-state index in [0.29, 0.717) is 35.9 Å². The average Bonchev–Trinajstić information content (AvgIpc) is 2.91. The SMILES string of the molecule is CCN[C@H](C)CNC(=O)c1ccc(Cl)c(N2CCNC2=O)c1. The standard InChI is InChI=1S/C15H21ClN4O2/c1-3-17-10(2)9-19-14(21)11-4-5-12(16)13(8-11)20-7-6-18-15(20)22/h4-5,8,10,17H,3,6-7,9H2,1-2H3,(H,18,22)(H,19,21)/t10-/m1/s1. The molecular formula is C15H21ClN4O2. The van der Waals surface area contributed by atoms with Crippen LogP contribution in [0.4, 0.5) is 10.5 Å². The molecule has 0 radical (unpaired) electrons. The van der Waals surface area contributed by atoms with Crippen molar-refractivity contribution in [1.29, 1.82) is 0 Å². The van der Waals surface area contributed by atoms with Crippen LogP contribution in [0.3, 0.4) is 0 Å². The zero-order valence-corrected chi connectivity index (χ0v) is 13.5. The lowest BCUT2D eigenvalue weighted by atomic mass is 10.1. The fourth-order valence-electron chi connectivity index (χ4n) is 2.33. The predicted octanol–water partition coefficient (Wildman–Crippen LogP) is 1.60. The summed E-state index contributed by atoms with van der Waals surface area (Å²) in [6.45, 7) is 6.53. The molecule has 0 bridgehead atoms. The Morgan fingerprint density at radius 2 is 2.27 bits per heavy atom. The molecule has 1 fully saturated rings. The van der Waals surface area contributed by atoms with Gasteiger partial charge in [-0.05, 0) is 31.7 Å². The Morgan fingerprint density at radius 3 is 2.91 bits per heavy atom. The fourth-order valence-corrected chi connectivity index (χ4v) is 2.55. The van der Waals surface area contributed by atoms with Gasteiger partial charge in [-0.1, -0.05) is 18.5 Å². The Hall–Kier alpha value is -1.79. The molecule has 1 aliphatic rings. The second kappa shape index (κ2) is 7.47. The number of anilines is 1. The van der Waals surface area contributed by atoms with Crippen molar-refractivity contribution in [1.82, 2.24) is 16.0 Å². The van der Waals surface area contributed by atoms with Crippen molar-refractivity contribution in [3.8, 4) is 0 Å². The summed E-state index contributed by atoms with van der Waals surface area (Å²) in [4.78, 5) is 25.5. The Bertz CT molecular complexity index is 564. The van der Waals surface area contributed by atoms with Crippen molar-refractivity contribution in [2.75, 3.05) is 31.1 Å². The van der Waals surface area contributed by atoms with Crippen LogP contribution in [-0.4, -0.2) is 44.2 Å². The van der Waals surface area contributed by atoms with Gasteiger partial charge in [-0.2, -0.15) is 0 Å². The van der Waals surface area contributed by atoms with Gasteiger partial charge in [0.15, 0.2) is 0 Å². The van der Waals surface area contributed by atoms with E-state index in [4.69, 9.17) is 11.6 Å². The number of benzene rings is 1. The molecule has 1 saturated heterocycles. The van der Waals surface area contributed by atoms with E-state index in [0.717, 1.165) is 6.54 Å². The van der Waals surface area contributed by atoms with Crippen molar-refractivity contribution in [3.05, 3.63) is 28.8 Å². The minimum absolute atomic E-state index is 0.178. The van der Waals surface area contributed by atoms with E-state index in [-0.39, 0.29) is 18.0 Å². The zero-order chi connectivity index (χ0) is 16.1. The molecule has 1 aliphatic heterocycles.